The van der Waals surface area contributed by atoms with Crippen molar-refractivity contribution in [3.8, 4) is 0 Å². The van der Waals surface area contributed by atoms with Crippen LogP contribution in [-0.2, 0) is 0 Å². The SMILES string of the molecule is O=C(NC1CCN(C(=O)N2CCCC2)CC1)c1cn[nH]c1. The third-order valence-corrected chi connectivity index (χ3v) is 4.24. The van der Waals surface area contributed by atoms with Gasteiger partial charge >= 0.3 is 6.03 Å². The predicted molar refractivity (Wildman–Crippen MR) is 76.9 cm³/mol. The number of likely N-dealkylation sites (tertiary alicyclic amines) is 2. The van der Waals surface area contributed by atoms with Gasteiger partial charge < -0.3 is 15.1 Å². The normalized spacial score (nSPS) is 19.8. The number of hydrogen-bond acceptors (Lipinski definition) is 3. The average Bonchev–Trinajstić information content (AvgIpc) is 3.20. The lowest BCUT2D eigenvalue weighted by Gasteiger charge is -2.34. The third kappa shape index (κ3) is 3.17. The van der Waals surface area contributed by atoms with Crippen molar-refractivity contribution in [1.82, 2.24) is 25.3 Å². The zero-order valence-corrected chi connectivity index (χ0v) is 12.0. The summed E-state index contributed by atoms with van der Waals surface area (Å²) in [4.78, 5) is 28.1. The van der Waals surface area contributed by atoms with Crippen LogP contribution < -0.4 is 5.32 Å². The van der Waals surface area contributed by atoms with Gasteiger partial charge in [0.15, 0.2) is 0 Å². The lowest BCUT2D eigenvalue weighted by atomic mass is 10.0. The van der Waals surface area contributed by atoms with Gasteiger partial charge in [0.1, 0.15) is 0 Å². The van der Waals surface area contributed by atoms with E-state index < -0.39 is 0 Å². The van der Waals surface area contributed by atoms with Crippen LogP contribution in [0.25, 0.3) is 0 Å². The first kappa shape index (κ1) is 13.9. The number of amides is 3. The summed E-state index contributed by atoms with van der Waals surface area (Å²) >= 11 is 0. The Kier molecular flexibility index (Phi) is 4.08. The highest BCUT2D eigenvalue weighted by molar-refractivity contribution is 5.93. The summed E-state index contributed by atoms with van der Waals surface area (Å²) < 4.78 is 0. The standard InChI is InChI=1S/C14H21N5O2/c20-13(11-9-15-16-10-11)17-12-3-7-19(8-4-12)14(21)18-5-1-2-6-18/h9-10,12H,1-8H2,(H,15,16)(H,17,20). The molecule has 7 nitrogen and oxygen atoms in total. The number of H-pyrrole nitrogens is 1. The number of aromatic nitrogens is 2. The second kappa shape index (κ2) is 6.15. The van der Waals surface area contributed by atoms with Gasteiger partial charge in [-0.15, -0.1) is 0 Å². The molecule has 3 heterocycles. The van der Waals surface area contributed by atoms with Crippen molar-refractivity contribution in [1.29, 1.82) is 0 Å². The van der Waals surface area contributed by atoms with Gasteiger partial charge in [0, 0.05) is 38.4 Å². The largest absolute Gasteiger partial charge is 0.349 e. The molecule has 1 aromatic rings. The molecule has 114 valence electrons. The molecule has 0 aliphatic carbocycles. The van der Waals surface area contributed by atoms with Crippen molar-refractivity contribution in [2.24, 2.45) is 0 Å². The summed E-state index contributed by atoms with van der Waals surface area (Å²) in [5.41, 5.74) is 0.547. The van der Waals surface area contributed by atoms with Crippen LogP contribution in [0.5, 0.6) is 0 Å². The molecule has 2 aliphatic heterocycles. The second-order valence-electron chi connectivity index (χ2n) is 5.70. The Labute approximate surface area is 123 Å². The molecule has 3 rings (SSSR count). The van der Waals surface area contributed by atoms with Crippen LogP contribution in [0.15, 0.2) is 12.4 Å². The summed E-state index contributed by atoms with van der Waals surface area (Å²) in [5, 5.41) is 9.40. The molecule has 1 aromatic heterocycles. The monoisotopic (exact) mass is 291 g/mol. The summed E-state index contributed by atoms with van der Waals surface area (Å²) in [6.07, 6.45) is 6.95. The van der Waals surface area contributed by atoms with E-state index in [2.05, 4.69) is 15.5 Å². The van der Waals surface area contributed by atoms with E-state index in [9.17, 15) is 9.59 Å². The van der Waals surface area contributed by atoms with Crippen molar-refractivity contribution in [2.75, 3.05) is 26.2 Å². The van der Waals surface area contributed by atoms with Crippen molar-refractivity contribution < 1.29 is 9.59 Å². The van der Waals surface area contributed by atoms with Crippen LogP contribution in [0.2, 0.25) is 0 Å². The number of rotatable bonds is 2. The minimum absolute atomic E-state index is 0.104. The Morgan fingerprint density at radius 2 is 1.81 bits per heavy atom. The number of piperidine rings is 1. The molecule has 0 unspecified atom stereocenters. The molecule has 2 saturated heterocycles. The van der Waals surface area contributed by atoms with Gasteiger partial charge in [0.25, 0.3) is 5.91 Å². The highest BCUT2D eigenvalue weighted by Crippen LogP contribution is 2.16. The molecule has 0 spiro atoms. The lowest BCUT2D eigenvalue weighted by Crippen LogP contribution is -2.50. The average molecular weight is 291 g/mol. The smallest absolute Gasteiger partial charge is 0.319 e. The lowest BCUT2D eigenvalue weighted by molar-refractivity contribution is 0.0912. The van der Waals surface area contributed by atoms with Gasteiger partial charge in [0.2, 0.25) is 0 Å². The Bertz CT molecular complexity index is 487. The first-order valence-corrected chi connectivity index (χ1v) is 7.57. The van der Waals surface area contributed by atoms with Crippen molar-refractivity contribution in [3.63, 3.8) is 0 Å². The molecule has 0 bridgehead atoms. The molecule has 7 heteroatoms. The van der Waals surface area contributed by atoms with Crippen LogP contribution >= 0.6 is 0 Å². The van der Waals surface area contributed by atoms with E-state index in [0.29, 0.717) is 18.7 Å². The Hall–Kier alpha value is -2.05. The van der Waals surface area contributed by atoms with Gasteiger partial charge in [-0.1, -0.05) is 0 Å². The van der Waals surface area contributed by atoms with Crippen LogP contribution in [0, 0.1) is 0 Å². The first-order chi connectivity index (χ1) is 10.2. The zero-order chi connectivity index (χ0) is 14.7. The molecule has 2 aliphatic rings. The summed E-state index contributed by atoms with van der Waals surface area (Å²) in [6, 6.07) is 0.294. The van der Waals surface area contributed by atoms with Crippen LogP contribution in [0.3, 0.4) is 0 Å². The molecule has 0 saturated carbocycles. The molecule has 0 radical (unpaired) electrons. The fraction of sp³-hybridized carbons (Fsp3) is 0.643. The molecule has 2 N–H and O–H groups in total. The Morgan fingerprint density at radius 1 is 1.14 bits per heavy atom. The summed E-state index contributed by atoms with van der Waals surface area (Å²) in [6.45, 7) is 3.20. The maximum atomic E-state index is 12.3. The minimum atomic E-state index is -0.104. The number of carbonyl (C=O) groups is 2. The fourth-order valence-corrected chi connectivity index (χ4v) is 2.97. The third-order valence-electron chi connectivity index (χ3n) is 4.24. The van der Waals surface area contributed by atoms with E-state index in [1.807, 2.05) is 9.80 Å². The Balaban J connectivity index is 1.46. The summed E-state index contributed by atoms with van der Waals surface area (Å²) in [5.74, 6) is -0.104. The molecule has 21 heavy (non-hydrogen) atoms. The zero-order valence-electron chi connectivity index (χ0n) is 12.0. The van der Waals surface area contributed by atoms with E-state index in [1.54, 1.807) is 6.20 Å². The maximum Gasteiger partial charge on any atom is 0.319 e. The highest BCUT2D eigenvalue weighted by Gasteiger charge is 2.28. The van der Waals surface area contributed by atoms with E-state index in [4.69, 9.17) is 0 Å². The Morgan fingerprint density at radius 3 is 2.43 bits per heavy atom. The molecule has 3 amide bonds. The van der Waals surface area contributed by atoms with Gasteiger partial charge in [0.05, 0.1) is 11.8 Å². The first-order valence-electron chi connectivity index (χ1n) is 7.57. The van der Waals surface area contributed by atoms with E-state index >= 15 is 0 Å². The van der Waals surface area contributed by atoms with Gasteiger partial charge in [-0.25, -0.2) is 4.79 Å². The van der Waals surface area contributed by atoms with Crippen LogP contribution in [0.1, 0.15) is 36.0 Å². The van der Waals surface area contributed by atoms with Gasteiger partial charge in [-0.2, -0.15) is 5.10 Å². The molecule has 2 fully saturated rings. The van der Waals surface area contributed by atoms with Gasteiger partial charge in [-0.05, 0) is 25.7 Å². The second-order valence-corrected chi connectivity index (χ2v) is 5.70. The number of nitrogens with zero attached hydrogens (tertiary/aromatic N) is 3. The molecular formula is C14H21N5O2. The molecule has 0 atom stereocenters. The topological polar surface area (TPSA) is 81.3 Å². The quantitative estimate of drug-likeness (QED) is 0.846. The van der Waals surface area contributed by atoms with E-state index in [0.717, 1.165) is 38.8 Å². The van der Waals surface area contributed by atoms with E-state index in [-0.39, 0.29) is 18.0 Å². The highest BCUT2D eigenvalue weighted by atomic mass is 16.2. The molecule has 0 aromatic carbocycles. The van der Waals surface area contributed by atoms with Crippen molar-refractivity contribution >= 4 is 11.9 Å². The molecular weight excluding hydrogens is 270 g/mol. The summed E-state index contributed by atoms with van der Waals surface area (Å²) in [7, 11) is 0. The number of hydrogen-bond donors (Lipinski definition) is 2. The van der Waals surface area contributed by atoms with Crippen molar-refractivity contribution in [2.45, 2.75) is 31.7 Å². The van der Waals surface area contributed by atoms with Crippen molar-refractivity contribution in [3.05, 3.63) is 18.0 Å². The fourth-order valence-electron chi connectivity index (χ4n) is 2.97. The van der Waals surface area contributed by atoms with Gasteiger partial charge in [-0.3, -0.25) is 9.89 Å². The predicted octanol–water partition coefficient (Wildman–Crippen LogP) is 0.820. The van der Waals surface area contributed by atoms with E-state index in [1.165, 1.54) is 6.20 Å². The number of aromatic amines is 1. The minimum Gasteiger partial charge on any atom is -0.349 e. The number of urea groups is 1. The number of carbonyl (C=O) groups excluding carboxylic acids is 2. The maximum absolute atomic E-state index is 12.3. The van der Waals surface area contributed by atoms with Crippen LogP contribution in [-0.4, -0.2) is 64.2 Å². The van der Waals surface area contributed by atoms with Crippen LogP contribution in [0.4, 0.5) is 4.79 Å². The number of nitrogens with one attached hydrogen (secondary N) is 2.